The first-order valence-electron chi connectivity index (χ1n) is 7.38. The van der Waals surface area contributed by atoms with Crippen LogP contribution < -0.4 is 20.6 Å². The average Bonchev–Trinajstić information content (AvgIpc) is 2.55. The molecule has 0 aliphatic rings. The van der Waals surface area contributed by atoms with Gasteiger partial charge in [-0.3, -0.25) is 0 Å². The zero-order valence-corrected chi connectivity index (χ0v) is 15.4. The minimum absolute atomic E-state index is 0.304. The van der Waals surface area contributed by atoms with E-state index in [1.807, 2.05) is 31.2 Å². The highest BCUT2D eigenvalue weighted by Gasteiger charge is 2.06. The fourth-order valence-corrected chi connectivity index (χ4v) is 2.62. The fraction of sp³-hybridized carbons (Fsp3) is 0.176. The summed E-state index contributed by atoms with van der Waals surface area (Å²) < 4.78 is 5.79. The van der Waals surface area contributed by atoms with Gasteiger partial charge in [0.2, 0.25) is 5.11 Å². The third-order valence-corrected chi connectivity index (χ3v) is 4.02. The first-order chi connectivity index (χ1) is 11.6. The van der Waals surface area contributed by atoms with Crippen LogP contribution in [0, 0.1) is 0 Å². The highest BCUT2D eigenvalue weighted by atomic mass is 35.5. The predicted molar refractivity (Wildman–Crippen MR) is 103 cm³/mol. The standard InChI is InChI=1S/C17H17Cl2N3OS/c1-2-20-17(24)22-21-10-12-5-3-6-13(9-12)23-11-14-15(18)7-4-8-16(14)19/h3-10H,2,11H2,1H3,(H2,20,22,24)/p+1. The quantitative estimate of drug-likeness (QED) is 0.408. The second-order valence-electron chi connectivity index (χ2n) is 4.83. The first kappa shape index (κ1) is 18.5. The van der Waals surface area contributed by atoms with E-state index in [1.54, 1.807) is 24.4 Å². The molecule has 0 saturated heterocycles. The summed E-state index contributed by atoms with van der Waals surface area (Å²) in [5, 5.41) is 7.63. The maximum atomic E-state index is 6.14. The Morgan fingerprint density at radius 2 is 1.92 bits per heavy atom. The van der Waals surface area contributed by atoms with E-state index in [2.05, 4.69) is 15.8 Å². The number of hydrazone groups is 1. The van der Waals surface area contributed by atoms with E-state index in [0.717, 1.165) is 23.4 Å². The molecule has 0 amide bonds. The highest BCUT2D eigenvalue weighted by Crippen LogP contribution is 2.25. The first-order valence-corrected chi connectivity index (χ1v) is 8.55. The predicted octanol–water partition coefficient (Wildman–Crippen LogP) is 2.47. The van der Waals surface area contributed by atoms with Crippen LogP contribution in [0.5, 0.6) is 5.75 Å². The summed E-state index contributed by atoms with van der Waals surface area (Å²) in [5.74, 6) is 0.718. The van der Waals surface area contributed by atoms with E-state index in [0.29, 0.717) is 21.8 Å². The Kier molecular flexibility index (Phi) is 7.31. The van der Waals surface area contributed by atoms with E-state index in [9.17, 15) is 0 Å². The summed E-state index contributed by atoms with van der Waals surface area (Å²) in [6.07, 6.45) is 1.79. The largest absolute Gasteiger partial charge is 0.489 e. The summed E-state index contributed by atoms with van der Waals surface area (Å²) in [6.45, 7) is 3.04. The lowest BCUT2D eigenvalue weighted by atomic mass is 10.2. The van der Waals surface area contributed by atoms with Gasteiger partial charge in [0, 0.05) is 27.7 Å². The van der Waals surface area contributed by atoms with E-state index >= 15 is 0 Å². The van der Waals surface area contributed by atoms with Gasteiger partial charge in [0.25, 0.3) is 0 Å². The summed E-state index contributed by atoms with van der Waals surface area (Å²) in [6, 6.07) is 13.0. The molecule has 2 rings (SSSR count). The van der Waals surface area contributed by atoms with Gasteiger partial charge in [-0.05, 0) is 49.5 Å². The van der Waals surface area contributed by atoms with E-state index in [-0.39, 0.29) is 0 Å². The normalized spacial score (nSPS) is 10.6. The molecule has 4 nitrogen and oxygen atoms in total. The molecule has 0 aliphatic carbocycles. The molecule has 0 radical (unpaired) electrons. The second-order valence-corrected chi connectivity index (χ2v) is 6.06. The number of hydrazine groups is 1. The lowest BCUT2D eigenvalue weighted by Gasteiger charge is -2.09. The molecule has 126 valence electrons. The van der Waals surface area contributed by atoms with Crippen LogP contribution in [-0.2, 0) is 6.61 Å². The number of benzene rings is 2. The van der Waals surface area contributed by atoms with Crippen LogP contribution in [0.15, 0.2) is 42.5 Å². The molecule has 0 heterocycles. The van der Waals surface area contributed by atoms with Crippen LogP contribution in [0.2, 0.25) is 10.0 Å². The molecule has 3 N–H and O–H groups in total. The minimum Gasteiger partial charge on any atom is -0.489 e. The topological polar surface area (TPSA) is 47.3 Å². The Morgan fingerprint density at radius 3 is 2.62 bits per heavy atom. The van der Waals surface area contributed by atoms with Crippen molar-refractivity contribution in [3.8, 4) is 5.75 Å². The lowest BCUT2D eigenvalue weighted by molar-refractivity contribution is -0.500. The molecule has 7 heteroatoms. The smallest absolute Gasteiger partial charge is 0.223 e. The number of nitrogens with one attached hydrogen (secondary N) is 3. The number of ether oxygens (including phenoxy) is 1. The minimum atomic E-state index is 0.304. The molecular formula is C17H18Cl2N3OS+. The van der Waals surface area contributed by atoms with E-state index < -0.39 is 0 Å². The van der Waals surface area contributed by atoms with Crippen LogP contribution in [0.3, 0.4) is 0 Å². The van der Waals surface area contributed by atoms with E-state index in [4.69, 9.17) is 40.2 Å². The average molecular weight is 383 g/mol. The zero-order chi connectivity index (χ0) is 17.4. The van der Waals surface area contributed by atoms with Crippen LogP contribution in [0.4, 0.5) is 0 Å². The van der Waals surface area contributed by atoms with Gasteiger partial charge >= 0.3 is 0 Å². The van der Waals surface area contributed by atoms with Gasteiger partial charge in [0.1, 0.15) is 12.4 Å². The Labute approximate surface area is 156 Å². The zero-order valence-electron chi connectivity index (χ0n) is 13.1. The lowest BCUT2D eigenvalue weighted by Crippen LogP contribution is -2.82. The van der Waals surface area contributed by atoms with Gasteiger partial charge in [-0.1, -0.05) is 35.3 Å². The van der Waals surface area contributed by atoms with Crippen molar-refractivity contribution < 1.29 is 9.84 Å². The monoisotopic (exact) mass is 382 g/mol. The molecule has 0 fully saturated rings. The van der Waals surface area contributed by atoms with Crippen molar-refractivity contribution in [2.45, 2.75) is 13.5 Å². The molecule has 2 aromatic rings. The molecule has 24 heavy (non-hydrogen) atoms. The maximum absolute atomic E-state index is 6.14. The number of hydrogen-bond acceptors (Lipinski definition) is 2. The van der Waals surface area contributed by atoms with Crippen LogP contribution in [0.25, 0.3) is 0 Å². The number of hydrogen-bond donors (Lipinski definition) is 3. The molecule has 0 saturated carbocycles. The number of halogens is 2. The van der Waals surface area contributed by atoms with Crippen molar-refractivity contribution in [1.82, 2.24) is 10.7 Å². The Morgan fingerprint density at radius 1 is 1.21 bits per heavy atom. The number of rotatable bonds is 6. The Bertz CT molecular complexity index is 717. The molecule has 0 aromatic heterocycles. The van der Waals surface area contributed by atoms with Gasteiger partial charge in [0.05, 0.1) is 0 Å². The molecule has 0 bridgehead atoms. The van der Waals surface area contributed by atoms with Crippen molar-refractivity contribution in [3.05, 3.63) is 63.6 Å². The van der Waals surface area contributed by atoms with Crippen molar-refractivity contribution in [2.24, 2.45) is 0 Å². The van der Waals surface area contributed by atoms with Crippen molar-refractivity contribution in [1.29, 1.82) is 0 Å². The van der Waals surface area contributed by atoms with Gasteiger partial charge in [-0.25, -0.2) is 0 Å². The van der Waals surface area contributed by atoms with Gasteiger partial charge in [-0.15, -0.1) is 10.5 Å². The summed E-state index contributed by atoms with van der Waals surface area (Å²) >= 11 is 17.3. The summed E-state index contributed by atoms with van der Waals surface area (Å²) in [5.41, 5.74) is 4.57. The van der Waals surface area contributed by atoms with Crippen LogP contribution in [-0.4, -0.2) is 17.9 Å². The maximum Gasteiger partial charge on any atom is 0.223 e. The fourth-order valence-electron chi connectivity index (χ4n) is 1.91. The summed E-state index contributed by atoms with van der Waals surface area (Å²) in [7, 11) is 0. The number of thiocarbonyl (C=S) groups is 1. The Hall–Kier alpha value is -1.82. The van der Waals surface area contributed by atoms with Crippen LogP contribution in [0.1, 0.15) is 18.1 Å². The third kappa shape index (κ3) is 5.67. The second kappa shape index (κ2) is 9.47. The third-order valence-electron chi connectivity index (χ3n) is 3.06. The molecule has 0 unspecified atom stereocenters. The van der Waals surface area contributed by atoms with Gasteiger partial charge in [0.15, 0.2) is 6.21 Å². The summed E-state index contributed by atoms with van der Waals surface area (Å²) in [4.78, 5) is 0. The van der Waals surface area contributed by atoms with Gasteiger partial charge in [-0.2, -0.15) is 0 Å². The molecule has 2 aromatic carbocycles. The van der Waals surface area contributed by atoms with Crippen molar-refractivity contribution in [3.63, 3.8) is 0 Å². The Balaban J connectivity index is 1.98. The van der Waals surface area contributed by atoms with Crippen LogP contribution >= 0.6 is 35.4 Å². The van der Waals surface area contributed by atoms with Crippen molar-refractivity contribution >= 4 is 46.7 Å². The highest BCUT2D eigenvalue weighted by molar-refractivity contribution is 7.80. The molecule has 0 spiro atoms. The molecular weight excluding hydrogens is 365 g/mol. The SMILES string of the molecule is CCNC(=S)N[NH+]=Cc1cccc(OCc2c(Cl)cccc2Cl)c1. The molecule has 0 aliphatic heterocycles. The van der Waals surface area contributed by atoms with Crippen molar-refractivity contribution in [2.75, 3.05) is 6.54 Å². The van der Waals surface area contributed by atoms with E-state index in [1.165, 1.54) is 0 Å². The molecule has 0 atom stereocenters. The van der Waals surface area contributed by atoms with Gasteiger partial charge < -0.3 is 10.1 Å².